The summed E-state index contributed by atoms with van der Waals surface area (Å²) >= 11 is 6.30. The Balaban J connectivity index is 1.82. The van der Waals surface area contributed by atoms with Gasteiger partial charge in [0.1, 0.15) is 0 Å². The molecule has 1 atom stereocenters. The van der Waals surface area contributed by atoms with Gasteiger partial charge < -0.3 is 5.43 Å². The summed E-state index contributed by atoms with van der Waals surface area (Å²) in [5.41, 5.74) is 4.41. The zero-order valence-corrected chi connectivity index (χ0v) is 11.2. The van der Waals surface area contributed by atoms with Crippen molar-refractivity contribution in [2.45, 2.75) is 38.1 Å². The van der Waals surface area contributed by atoms with E-state index in [9.17, 15) is 0 Å². The van der Waals surface area contributed by atoms with E-state index in [4.69, 9.17) is 11.6 Å². The Kier molecular flexibility index (Phi) is 3.46. The third-order valence-electron chi connectivity index (χ3n) is 4.05. The van der Waals surface area contributed by atoms with E-state index >= 15 is 0 Å². The first-order valence-corrected chi connectivity index (χ1v) is 7.20. The van der Waals surface area contributed by atoms with Crippen molar-refractivity contribution in [2.24, 2.45) is 5.92 Å². The molecule has 0 spiro atoms. The lowest BCUT2D eigenvalue weighted by molar-refractivity contribution is 0.323. The van der Waals surface area contributed by atoms with Crippen LogP contribution in [0.15, 0.2) is 36.5 Å². The first-order valence-electron chi connectivity index (χ1n) is 6.83. The van der Waals surface area contributed by atoms with Crippen molar-refractivity contribution in [1.29, 1.82) is 0 Å². The molecule has 1 N–H and O–H groups in total. The lowest BCUT2D eigenvalue weighted by atomic mass is 9.84. The van der Waals surface area contributed by atoms with Crippen LogP contribution >= 0.6 is 11.6 Å². The van der Waals surface area contributed by atoms with Gasteiger partial charge in [0.2, 0.25) is 0 Å². The highest BCUT2D eigenvalue weighted by molar-refractivity contribution is 6.33. The molecule has 1 unspecified atom stereocenters. The summed E-state index contributed by atoms with van der Waals surface area (Å²) in [4.78, 5) is 0. The molecule has 96 valence electrons. The number of halogens is 1. The average molecular weight is 263 g/mol. The molecular formula is C15H19ClN2. The fraction of sp³-hybridized carbons (Fsp3) is 0.467. The maximum absolute atomic E-state index is 6.30. The van der Waals surface area contributed by atoms with Gasteiger partial charge in [-0.05, 0) is 37.0 Å². The van der Waals surface area contributed by atoms with E-state index in [0.717, 1.165) is 16.6 Å². The molecule has 0 bridgehead atoms. The van der Waals surface area contributed by atoms with Crippen LogP contribution in [0.3, 0.4) is 0 Å². The summed E-state index contributed by atoms with van der Waals surface area (Å²) in [6.45, 7) is 0. The Morgan fingerprint density at radius 3 is 2.67 bits per heavy atom. The standard InChI is InChI=1S/C15H19ClN2/c16-13-8-4-5-9-15(13)18-14(10-11-17-18)12-6-2-1-3-7-12/h4-5,8-12,14,17H,1-3,6-7H2. The molecule has 3 heteroatoms. The number of anilines is 1. The maximum atomic E-state index is 6.30. The van der Waals surface area contributed by atoms with Crippen molar-refractivity contribution >= 4 is 17.3 Å². The van der Waals surface area contributed by atoms with Crippen LogP contribution in [0, 0.1) is 5.92 Å². The van der Waals surface area contributed by atoms with Crippen molar-refractivity contribution in [3.8, 4) is 0 Å². The zero-order valence-electron chi connectivity index (χ0n) is 10.5. The molecule has 0 amide bonds. The van der Waals surface area contributed by atoms with E-state index in [1.165, 1.54) is 32.1 Å². The molecule has 3 rings (SSSR count). The lowest BCUT2D eigenvalue weighted by Crippen LogP contribution is -2.42. The molecule has 2 nitrogen and oxygen atoms in total. The first-order chi connectivity index (χ1) is 8.86. The summed E-state index contributed by atoms with van der Waals surface area (Å²) in [5.74, 6) is 0.751. The third-order valence-corrected chi connectivity index (χ3v) is 4.37. The van der Waals surface area contributed by atoms with Crippen LogP contribution in [0.5, 0.6) is 0 Å². The summed E-state index contributed by atoms with van der Waals surface area (Å²) in [6.07, 6.45) is 11.1. The van der Waals surface area contributed by atoms with Crippen LogP contribution in [-0.4, -0.2) is 6.04 Å². The largest absolute Gasteiger partial charge is 0.305 e. The molecule has 1 fully saturated rings. The topological polar surface area (TPSA) is 15.3 Å². The van der Waals surface area contributed by atoms with Crippen LogP contribution in [0.1, 0.15) is 32.1 Å². The molecule has 0 radical (unpaired) electrons. The number of nitrogens with zero attached hydrogens (tertiary/aromatic N) is 1. The number of hydrogen-bond acceptors (Lipinski definition) is 2. The van der Waals surface area contributed by atoms with Crippen LogP contribution in [0.4, 0.5) is 5.69 Å². The van der Waals surface area contributed by atoms with E-state index in [1.807, 2.05) is 24.4 Å². The van der Waals surface area contributed by atoms with Crippen LogP contribution < -0.4 is 10.4 Å². The highest BCUT2D eigenvalue weighted by Crippen LogP contribution is 2.35. The number of rotatable bonds is 2. The fourth-order valence-corrected chi connectivity index (χ4v) is 3.34. The average Bonchev–Trinajstić information content (AvgIpc) is 2.89. The Labute approximate surface area is 114 Å². The Bertz CT molecular complexity index is 438. The van der Waals surface area contributed by atoms with E-state index in [2.05, 4.69) is 22.6 Å². The normalized spacial score (nSPS) is 24.3. The smallest absolute Gasteiger partial charge is 0.0765 e. The van der Waals surface area contributed by atoms with E-state index in [-0.39, 0.29) is 0 Å². The Hall–Kier alpha value is -1.15. The number of hydrazine groups is 1. The van der Waals surface area contributed by atoms with Gasteiger partial charge in [-0.25, -0.2) is 0 Å². The second-order valence-corrected chi connectivity index (χ2v) is 5.61. The SMILES string of the molecule is Clc1ccccc1N1NC=CC1C1CCCCC1. The Morgan fingerprint density at radius 1 is 1.11 bits per heavy atom. The second kappa shape index (κ2) is 5.23. The summed E-state index contributed by atoms with van der Waals surface area (Å²) in [7, 11) is 0. The fourth-order valence-electron chi connectivity index (χ4n) is 3.11. The van der Waals surface area contributed by atoms with Gasteiger partial charge in [0, 0.05) is 6.20 Å². The van der Waals surface area contributed by atoms with E-state index in [1.54, 1.807) is 0 Å². The minimum Gasteiger partial charge on any atom is -0.305 e. The van der Waals surface area contributed by atoms with Crippen molar-refractivity contribution in [3.05, 3.63) is 41.6 Å². The molecule has 0 saturated heterocycles. The predicted molar refractivity (Wildman–Crippen MR) is 76.6 cm³/mol. The van der Waals surface area contributed by atoms with Crippen LogP contribution in [0.25, 0.3) is 0 Å². The molecule has 1 saturated carbocycles. The summed E-state index contributed by atoms with van der Waals surface area (Å²) in [5, 5.41) is 3.03. The van der Waals surface area contributed by atoms with Crippen molar-refractivity contribution < 1.29 is 0 Å². The molecule has 18 heavy (non-hydrogen) atoms. The monoisotopic (exact) mass is 262 g/mol. The molecule has 2 aliphatic rings. The number of nitrogens with one attached hydrogen (secondary N) is 1. The van der Waals surface area contributed by atoms with Crippen LogP contribution in [0.2, 0.25) is 5.02 Å². The Morgan fingerprint density at radius 2 is 1.89 bits per heavy atom. The highest BCUT2D eigenvalue weighted by Gasteiger charge is 2.30. The van der Waals surface area contributed by atoms with Crippen LogP contribution in [-0.2, 0) is 0 Å². The van der Waals surface area contributed by atoms with Crippen molar-refractivity contribution in [1.82, 2.24) is 5.43 Å². The highest BCUT2D eigenvalue weighted by atomic mass is 35.5. The van der Waals surface area contributed by atoms with E-state index in [0.29, 0.717) is 6.04 Å². The van der Waals surface area contributed by atoms with E-state index < -0.39 is 0 Å². The number of para-hydroxylation sites is 1. The molecule has 1 aliphatic carbocycles. The first kappa shape index (κ1) is 11.9. The van der Waals surface area contributed by atoms with Gasteiger partial charge in [-0.15, -0.1) is 0 Å². The third kappa shape index (κ3) is 2.22. The predicted octanol–water partition coefficient (Wildman–Crippen LogP) is 4.13. The molecule has 1 aromatic carbocycles. The molecule has 1 aliphatic heterocycles. The second-order valence-electron chi connectivity index (χ2n) is 5.20. The molecule has 0 aromatic heterocycles. The van der Waals surface area contributed by atoms with Gasteiger partial charge in [-0.2, -0.15) is 0 Å². The zero-order chi connectivity index (χ0) is 12.4. The van der Waals surface area contributed by atoms with Gasteiger partial charge in [-0.3, -0.25) is 5.01 Å². The molecular weight excluding hydrogens is 244 g/mol. The quantitative estimate of drug-likeness (QED) is 0.862. The van der Waals surface area contributed by atoms with Gasteiger partial charge in [0.25, 0.3) is 0 Å². The maximum Gasteiger partial charge on any atom is 0.0765 e. The summed E-state index contributed by atoms with van der Waals surface area (Å²) < 4.78 is 0. The van der Waals surface area contributed by atoms with Gasteiger partial charge >= 0.3 is 0 Å². The number of benzene rings is 1. The number of hydrogen-bond donors (Lipinski definition) is 1. The minimum absolute atomic E-state index is 0.449. The lowest BCUT2D eigenvalue weighted by Gasteiger charge is -2.34. The van der Waals surface area contributed by atoms with Crippen molar-refractivity contribution in [2.75, 3.05) is 5.01 Å². The van der Waals surface area contributed by atoms with Gasteiger partial charge in [-0.1, -0.05) is 43.0 Å². The van der Waals surface area contributed by atoms with Gasteiger partial charge in [0.05, 0.1) is 16.8 Å². The molecule has 1 heterocycles. The summed E-state index contributed by atoms with van der Waals surface area (Å²) in [6, 6.07) is 8.50. The molecule has 1 aromatic rings. The van der Waals surface area contributed by atoms with Gasteiger partial charge in [0.15, 0.2) is 0 Å². The van der Waals surface area contributed by atoms with Crippen molar-refractivity contribution in [3.63, 3.8) is 0 Å². The minimum atomic E-state index is 0.449.